The van der Waals surface area contributed by atoms with Crippen LogP contribution in [0.2, 0.25) is 0 Å². The number of alkyl halides is 3. The van der Waals surface area contributed by atoms with Gasteiger partial charge < -0.3 is 5.32 Å². The summed E-state index contributed by atoms with van der Waals surface area (Å²) >= 11 is 0. The van der Waals surface area contributed by atoms with Gasteiger partial charge in [-0.25, -0.2) is 4.98 Å². The molecular formula is C25H26F3N3O. The quantitative estimate of drug-likeness (QED) is 0.531. The summed E-state index contributed by atoms with van der Waals surface area (Å²) in [6.07, 6.45) is 1.73. The zero-order valence-electron chi connectivity index (χ0n) is 18.1. The predicted octanol–water partition coefficient (Wildman–Crippen LogP) is 6.11. The van der Waals surface area contributed by atoms with Gasteiger partial charge in [-0.15, -0.1) is 0 Å². The second-order valence-corrected chi connectivity index (χ2v) is 8.59. The van der Waals surface area contributed by atoms with E-state index in [-0.39, 0.29) is 17.5 Å². The maximum absolute atomic E-state index is 13.5. The Morgan fingerprint density at radius 2 is 1.88 bits per heavy atom. The van der Waals surface area contributed by atoms with Gasteiger partial charge in [0.1, 0.15) is 5.69 Å². The molecule has 0 bridgehead atoms. The molecule has 4 rings (SSSR count). The van der Waals surface area contributed by atoms with Crippen molar-refractivity contribution < 1.29 is 18.0 Å². The number of carbonyl (C=O) groups is 1. The van der Waals surface area contributed by atoms with E-state index in [0.29, 0.717) is 28.8 Å². The van der Waals surface area contributed by atoms with Crippen LogP contribution in [0.1, 0.15) is 49.2 Å². The second kappa shape index (κ2) is 8.81. The molecule has 0 spiro atoms. The fourth-order valence-corrected chi connectivity index (χ4v) is 4.50. The van der Waals surface area contributed by atoms with E-state index < -0.39 is 11.7 Å². The Hall–Kier alpha value is -3.09. The third kappa shape index (κ3) is 4.42. The average Bonchev–Trinajstić information content (AvgIpc) is 3.27. The Kier molecular flexibility index (Phi) is 6.09. The summed E-state index contributed by atoms with van der Waals surface area (Å²) in [5.41, 5.74) is 0.758. The summed E-state index contributed by atoms with van der Waals surface area (Å²) in [5, 5.41) is 3.14. The van der Waals surface area contributed by atoms with Crippen LogP contribution in [-0.4, -0.2) is 21.5 Å². The molecule has 32 heavy (non-hydrogen) atoms. The van der Waals surface area contributed by atoms with Gasteiger partial charge in [0.25, 0.3) is 5.91 Å². The molecule has 1 N–H and O–H groups in total. The van der Waals surface area contributed by atoms with Crippen molar-refractivity contribution in [1.82, 2.24) is 14.9 Å². The minimum absolute atomic E-state index is 0.0954. The van der Waals surface area contributed by atoms with Gasteiger partial charge >= 0.3 is 6.18 Å². The van der Waals surface area contributed by atoms with Crippen LogP contribution in [-0.2, 0) is 6.18 Å². The van der Waals surface area contributed by atoms with Crippen molar-refractivity contribution in [3.63, 3.8) is 0 Å². The van der Waals surface area contributed by atoms with Crippen molar-refractivity contribution in [3.8, 4) is 16.8 Å². The fourth-order valence-electron chi connectivity index (χ4n) is 4.50. The van der Waals surface area contributed by atoms with E-state index in [2.05, 4.69) is 24.1 Å². The number of nitrogens with zero attached hydrogens (tertiary/aromatic N) is 2. The molecule has 1 aliphatic rings. The van der Waals surface area contributed by atoms with Crippen molar-refractivity contribution in [2.24, 2.45) is 11.8 Å². The monoisotopic (exact) mass is 441 g/mol. The molecule has 4 nitrogen and oxygen atoms in total. The summed E-state index contributed by atoms with van der Waals surface area (Å²) in [6.45, 7) is 4.37. The normalized spacial score (nSPS) is 21.3. The Labute approximate surface area is 185 Å². The summed E-state index contributed by atoms with van der Waals surface area (Å²) in [6, 6.07) is 12.3. The van der Waals surface area contributed by atoms with Crippen LogP contribution in [0.25, 0.3) is 16.8 Å². The maximum Gasteiger partial charge on any atom is 0.417 e. The predicted molar refractivity (Wildman–Crippen MR) is 117 cm³/mol. The molecule has 1 amide bonds. The standard InChI is InChI=1S/C25H26F3N3O/c1-16-7-5-12-22(17(16)2)30-24(32)23-14-29-15-31(23)19-9-6-8-18(13-19)20-10-3-4-11-21(20)25(26,27)28/h3-4,6,8-11,13-17,22H,5,7,12H2,1-2H3,(H,30,32). The van der Waals surface area contributed by atoms with Crippen LogP contribution in [0.5, 0.6) is 0 Å². The molecule has 1 aliphatic carbocycles. The van der Waals surface area contributed by atoms with Gasteiger partial charge in [0.15, 0.2) is 0 Å². The molecular weight excluding hydrogens is 415 g/mol. The van der Waals surface area contributed by atoms with Crippen molar-refractivity contribution in [2.45, 2.75) is 45.3 Å². The molecule has 1 saturated carbocycles. The van der Waals surface area contributed by atoms with E-state index in [1.165, 1.54) is 24.7 Å². The van der Waals surface area contributed by atoms with Crippen LogP contribution < -0.4 is 5.32 Å². The largest absolute Gasteiger partial charge is 0.417 e. The highest BCUT2D eigenvalue weighted by atomic mass is 19.4. The topological polar surface area (TPSA) is 46.9 Å². The van der Waals surface area contributed by atoms with Crippen molar-refractivity contribution in [1.29, 1.82) is 0 Å². The van der Waals surface area contributed by atoms with Crippen molar-refractivity contribution in [3.05, 3.63) is 72.3 Å². The minimum Gasteiger partial charge on any atom is -0.348 e. The smallest absolute Gasteiger partial charge is 0.348 e. The average molecular weight is 441 g/mol. The first-order valence-corrected chi connectivity index (χ1v) is 10.9. The van der Waals surface area contributed by atoms with Crippen LogP contribution in [0, 0.1) is 11.8 Å². The summed E-state index contributed by atoms with van der Waals surface area (Å²) in [5.74, 6) is 0.699. The molecule has 0 aliphatic heterocycles. The van der Waals surface area contributed by atoms with Crippen LogP contribution in [0.3, 0.4) is 0 Å². The lowest BCUT2D eigenvalue weighted by Gasteiger charge is -2.34. The number of rotatable bonds is 4. The molecule has 7 heteroatoms. The molecule has 0 radical (unpaired) electrons. The van der Waals surface area contributed by atoms with E-state index in [1.807, 2.05) is 0 Å². The highest BCUT2D eigenvalue weighted by Gasteiger charge is 2.33. The Bertz CT molecular complexity index is 1110. The third-order valence-electron chi connectivity index (χ3n) is 6.56. The number of imidazole rings is 1. The first-order chi connectivity index (χ1) is 15.3. The van der Waals surface area contributed by atoms with Crippen LogP contribution in [0.15, 0.2) is 61.1 Å². The van der Waals surface area contributed by atoms with E-state index in [9.17, 15) is 18.0 Å². The van der Waals surface area contributed by atoms with Crippen LogP contribution >= 0.6 is 0 Å². The number of aromatic nitrogens is 2. The van der Waals surface area contributed by atoms with Crippen molar-refractivity contribution >= 4 is 5.91 Å². The highest BCUT2D eigenvalue weighted by Crippen LogP contribution is 2.37. The number of amides is 1. The number of benzene rings is 2. The number of nitrogens with one attached hydrogen (secondary N) is 1. The van der Waals surface area contributed by atoms with Gasteiger partial charge in [0.2, 0.25) is 0 Å². The van der Waals surface area contributed by atoms with Gasteiger partial charge in [-0.05, 0) is 47.6 Å². The molecule has 2 aromatic carbocycles. The highest BCUT2D eigenvalue weighted by molar-refractivity contribution is 5.93. The first kappa shape index (κ1) is 22.1. The molecule has 3 aromatic rings. The summed E-state index contributed by atoms with van der Waals surface area (Å²) in [4.78, 5) is 17.2. The first-order valence-electron chi connectivity index (χ1n) is 10.9. The minimum atomic E-state index is -4.46. The summed E-state index contributed by atoms with van der Waals surface area (Å²) < 4.78 is 42.1. The number of carbonyl (C=O) groups excluding carboxylic acids is 1. The summed E-state index contributed by atoms with van der Waals surface area (Å²) in [7, 11) is 0. The Morgan fingerprint density at radius 1 is 1.09 bits per heavy atom. The lowest BCUT2D eigenvalue weighted by atomic mass is 9.78. The molecule has 3 unspecified atom stereocenters. The zero-order chi connectivity index (χ0) is 22.9. The molecule has 1 heterocycles. The van der Waals surface area contributed by atoms with Gasteiger partial charge in [-0.2, -0.15) is 13.2 Å². The molecule has 168 valence electrons. The van der Waals surface area contributed by atoms with Gasteiger partial charge in [-0.1, -0.05) is 57.0 Å². The van der Waals surface area contributed by atoms with Crippen molar-refractivity contribution in [2.75, 3.05) is 0 Å². The lowest BCUT2D eigenvalue weighted by molar-refractivity contribution is -0.137. The van der Waals surface area contributed by atoms with E-state index >= 15 is 0 Å². The lowest BCUT2D eigenvalue weighted by Crippen LogP contribution is -2.44. The van der Waals surface area contributed by atoms with E-state index in [4.69, 9.17) is 0 Å². The van der Waals surface area contributed by atoms with E-state index in [0.717, 1.165) is 25.3 Å². The SMILES string of the molecule is CC1CCCC(NC(=O)c2cncn2-c2cccc(-c3ccccc3C(F)(F)F)c2)C1C. The zero-order valence-corrected chi connectivity index (χ0v) is 18.1. The fraction of sp³-hybridized carbons (Fsp3) is 0.360. The van der Waals surface area contributed by atoms with Gasteiger partial charge in [0.05, 0.1) is 18.1 Å². The maximum atomic E-state index is 13.5. The van der Waals surface area contributed by atoms with Crippen LogP contribution in [0.4, 0.5) is 13.2 Å². The molecule has 0 saturated heterocycles. The third-order valence-corrected chi connectivity index (χ3v) is 6.56. The van der Waals surface area contributed by atoms with Gasteiger partial charge in [0, 0.05) is 11.7 Å². The number of hydrogen-bond donors (Lipinski definition) is 1. The molecule has 1 aromatic heterocycles. The van der Waals surface area contributed by atoms with Gasteiger partial charge in [-0.3, -0.25) is 9.36 Å². The Morgan fingerprint density at radius 3 is 2.66 bits per heavy atom. The molecule has 1 fully saturated rings. The second-order valence-electron chi connectivity index (χ2n) is 8.59. The molecule has 3 atom stereocenters. The number of halogens is 3. The number of hydrogen-bond acceptors (Lipinski definition) is 2. The Balaban J connectivity index is 1.64. The van der Waals surface area contributed by atoms with E-state index in [1.54, 1.807) is 34.9 Å².